The SMILES string of the molecule is N#CC1(c2ccc3c(N)ncnn23)O[C@H](COC(=O)c2ccccc2)[C@@H](OC(=O)c2ccccc2)[C@H]1F. The molecule has 1 saturated heterocycles. The van der Waals surface area contributed by atoms with Gasteiger partial charge in [-0.05, 0) is 36.4 Å². The summed E-state index contributed by atoms with van der Waals surface area (Å²) in [5, 5.41) is 14.3. The maximum atomic E-state index is 16.2. The largest absolute Gasteiger partial charge is 0.459 e. The van der Waals surface area contributed by atoms with Gasteiger partial charge in [-0.15, -0.1) is 0 Å². The van der Waals surface area contributed by atoms with Crippen molar-refractivity contribution in [3.63, 3.8) is 0 Å². The fraction of sp³-hybridized carbons (Fsp3) is 0.192. The van der Waals surface area contributed by atoms with Gasteiger partial charge in [0.2, 0.25) is 5.60 Å². The highest BCUT2D eigenvalue weighted by molar-refractivity contribution is 5.90. The maximum Gasteiger partial charge on any atom is 0.338 e. The first-order chi connectivity index (χ1) is 17.9. The highest BCUT2D eigenvalue weighted by atomic mass is 19.1. The summed E-state index contributed by atoms with van der Waals surface area (Å²) in [5.41, 5.74) is 4.44. The fourth-order valence-electron chi connectivity index (χ4n) is 4.22. The standard InChI is InChI=1S/C26H20FN5O5/c27-22-21(36-25(34)17-9-5-2-6-10-17)19(13-35-24(33)16-7-3-1-4-8-16)37-26(22,14-28)20-12-11-18-23(29)30-15-31-32(18)20/h1-12,15,19,21-22H,13H2,(H2,29,30,31)/t19-,21-,22-,26?/m1/s1. The normalized spacial score (nSPS) is 22.9. The molecule has 1 aliphatic rings. The Hall–Kier alpha value is -4.82. The van der Waals surface area contributed by atoms with Gasteiger partial charge in [-0.3, -0.25) is 0 Å². The molecule has 186 valence electrons. The summed E-state index contributed by atoms with van der Waals surface area (Å²) in [6, 6.07) is 21.0. The number of hydrogen-bond acceptors (Lipinski definition) is 9. The van der Waals surface area contributed by atoms with Gasteiger partial charge in [-0.25, -0.2) is 23.5 Å². The Labute approximate surface area is 210 Å². The monoisotopic (exact) mass is 501 g/mol. The van der Waals surface area contributed by atoms with Gasteiger partial charge >= 0.3 is 11.9 Å². The van der Waals surface area contributed by atoms with E-state index in [-0.39, 0.29) is 22.6 Å². The number of aromatic nitrogens is 3. The Morgan fingerprint density at radius 1 is 1.05 bits per heavy atom. The molecule has 0 amide bonds. The number of fused-ring (bicyclic) bond motifs is 1. The molecule has 1 fully saturated rings. The molecule has 2 aromatic carbocycles. The van der Waals surface area contributed by atoms with Crippen LogP contribution < -0.4 is 5.73 Å². The first-order valence-electron chi connectivity index (χ1n) is 11.2. The minimum absolute atomic E-state index is 0.0178. The molecular weight excluding hydrogens is 481 g/mol. The zero-order valence-electron chi connectivity index (χ0n) is 19.2. The lowest BCUT2D eigenvalue weighted by Gasteiger charge is -2.23. The molecule has 0 bridgehead atoms. The van der Waals surface area contributed by atoms with Crippen molar-refractivity contribution in [3.8, 4) is 6.07 Å². The summed E-state index contributed by atoms with van der Waals surface area (Å²) >= 11 is 0. The van der Waals surface area contributed by atoms with E-state index in [4.69, 9.17) is 19.9 Å². The number of rotatable bonds is 6. The average molecular weight is 501 g/mol. The number of carbonyl (C=O) groups is 2. The number of alkyl halides is 1. The first-order valence-corrected chi connectivity index (χ1v) is 11.2. The van der Waals surface area contributed by atoms with Gasteiger partial charge in [-0.2, -0.15) is 10.4 Å². The van der Waals surface area contributed by atoms with Crippen molar-refractivity contribution >= 4 is 23.3 Å². The predicted molar refractivity (Wildman–Crippen MR) is 127 cm³/mol. The van der Waals surface area contributed by atoms with Gasteiger partial charge in [0.05, 0.1) is 16.8 Å². The second-order valence-corrected chi connectivity index (χ2v) is 8.27. The summed E-state index contributed by atoms with van der Waals surface area (Å²) in [5.74, 6) is -1.39. The van der Waals surface area contributed by atoms with Crippen molar-refractivity contribution < 1.29 is 28.2 Å². The molecule has 0 radical (unpaired) electrons. The van der Waals surface area contributed by atoms with Crippen molar-refractivity contribution in [2.24, 2.45) is 0 Å². The van der Waals surface area contributed by atoms with Gasteiger partial charge in [0.15, 0.2) is 18.1 Å². The number of esters is 2. The smallest absolute Gasteiger partial charge is 0.338 e. The molecule has 4 aromatic rings. The zero-order valence-corrected chi connectivity index (χ0v) is 19.2. The molecule has 1 unspecified atom stereocenters. The van der Waals surface area contributed by atoms with Crippen molar-refractivity contribution in [1.82, 2.24) is 14.6 Å². The number of nitrogens with zero attached hydrogens (tertiary/aromatic N) is 4. The Morgan fingerprint density at radius 3 is 2.35 bits per heavy atom. The van der Waals surface area contributed by atoms with E-state index in [2.05, 4.69) is 10.1 Å². The third-order valence-corrected chi connectivity index (χ3v) is 6.05. The van der Waals surface area contributed by atoms with Crippen LogP contribution in [-0.2, 0) is 19.8 Å². The molecule has 1 aliphatic heterocycles. The van der Waals surface area contributed by atoms with Crippen LogP contribution in [0.15, 0.2) is 79.1 Å². The Balaban J connectivity index is 1.49. The molecular formula is C26H20FN5O5. The second-order valence-electron chi connectivity index (χ2n) is 8.27. The third kappa shape index (κ3) is 4.23. The number of benzene rings is 2. The quantitative estimate of drug-likeness (QED) is 0.395. The van der Waals surface area contributed by atoms with Crippen LogP contribution in [0.4, 0.5) is 10.2 Å². The molecule has 0 aliphatic carbocycles. The van der Waals surface area contributed by atoms with Crippen LogP contribution in [0.25, 0.3) is 5.52 Å². The Morgan fingerprint density at radius 2 is 1.70 bits per heavy atom. The minimum atomic E-state index is -2.25. The lowest BCUT2D eigenvalue weighted by atomic mass is 9.93. The summed E-state index contributed by atoms with van der Waals surface area (Å²) in [4.78, 5) is 29.2. The number of carbonyl (C=O) groups excluding carboxylic acids is 2. The highest BCUT2D eigenvalue weighted by Crippen LogP contribution is 2.43. The van der Waals surface area contributed by atoms with Gasteiger partial charge in [0, 0.05) is 0 Å². The van der Waals surface area contributed by atoms with E-state index in [0.717, 1.165) is 6.33 Å². The number of nitrogen functional groups attached to an aromatic ring is 1. The molecule has 5 rings (SSSR count). The van der Waals surface area contributed by atoms with Crippen LogP contribution in [-0.4, -0.2) is 51.5 Å². The number of halogens is 1. The van der Waals surface area contributed by atoms with E-state index in [1.807, 2.05) is 6.07 Å². The van der Waals surface area contributed by atoms with Crippen LogP contribution in [0, 0.1) is 11.3 Å². The Kier molecular flexibility index (Phi) is 6.25. The first kappa shape index (κ1) is 23.9. The van der Waals surface area contributed by atoms with Crippen LogP contribution in [0.5, 0.6) is 0 Å². The van der Waals surface area contributed by atoms with Crippen LogP contribution >= 0.6 is 0 Å². The van der Waals surface area contributed by atoms with Crippen molar-refractivity contribution in [1.29, 1.82) is 5.26 Å². The van der Waals surface area contributed by atoms with E-state index in [1.54, 1.807) is 48.5 Å². The van der Waals surface area contributed by atoms with Gasteiger partial charge < -0.3 is 19.9 Å². The van der Waals surface area contributed by atoms with E-state index < -0.39 is 42.5 Å². The van der Waals surface area contributed by atoms with E-state index in [0.29, 0.717) is 5.52 Å². The minimum Gasteiger partial charge on any atom is -0.459 e. The van der Waals surface area contributed by atoms with Gasteiger partial charge in [0.25, 0.3) is 0 Å². The number of hydrogen-bond donors (Lipinski definition) is 1. The molecule has 37 heavy (non-hydrogen) atoms. The van der Waals surface area contributed by atoms with Crippen molar-refractivity contribution in [2.75, 3.05) is 12.3 Å². The van der Waals surface area contributed by atoms with Crippen LogP contribution in [0.2, 0.25) is 0 Å². The number of nitrogens with two attached hydrogens (primary N) is 1. The number of ether oxygens (including phenoxy) is 3. The maximum absolute atomic E-state index is 16.2. The van der Waals surface area contributed by atoms with Gasteiger partial charge in [0.1, 0.15) is 30.6 Å². The lowest BCUT2D eigenvalue weighted by molar-refractivity contribution is -0.0649. The van der Waals surface area contributed by atoms with Crippen LogP contribution in [0.1, 0.15) is 26.4 Å². The molecule has 2 aromatic heterocycles. The molecule has 0 saturated carbocycles. The molecule has 10 nitrogen and oxygen atoms in total. The Bertz CT molecular complexity index is 1490. The molecule has 3 heterocycles. The third-order valence-electron chi connectivity index (χ3n) is 6.05. The van der Waals surface area contributed by atoms with Crippen LogP contribution in [0.3, 0.4) is 0 Å². The average Bonchev–Trinajstić information content (AvgIpc) is 3.49. The number of anilines is 1. The molecule has 2 N–H and O–H groups in total. The molecule has 11 heteroatoms. The fourth-order valence-corrected chi connectivity index (χ4v) is 4.22. The summed E-state index contributed by atoms with van der Waals surface area (Å²) < 4.78 is 34.2. The molecule has 4 atom stereocenters. The van der Waals surface area contributed by atoms with E-state index in [9.17, 15) is 14.9 Å². The molecule has 0 spiro atoms. The van der Waals surface area contributed by atoms with Crippen molar-refractivity contribution in [3.05, 3.63) is 95.9 Å². The van der Waals surface area contributed by atoms with E-state index in [1.165, 1.54) is 28.8 Å². The topological polar surface area (TPSA) is 142 Å². The zero-order chi connectivity index (χ0) is 26.0. The second kappa shape index (κ2) is 9.67. The van der Waals surface area contributed by atoms with Crippen molar-refractivity contribution in [2.45, 2.75) is 24.0 Å². The number of nitriles is 1. The lowest BCUT2D eigenvalue weighted by Crippen LogP contribution is -2.40. The summed E-state index contributed by atoms with van der Waals surface area (Å²) in [7, 11) is 0. The van der Waals surface area contributed by atoms with E-state index >= 15 is 4.39 Å². The predicted octanol–water partition coefficient (Wildman–Crippen LogP) is 2.85. The highest BCUT2D eigenvalue weighted by Gasteiger charge is 2.61. The van der Waals surface area contributed by atoms with Gasteiger partial charge in [-0.1, -0.05) is 36.4 Å². The summed E-state index contributed by atoms with van der Waals surface area (Å²) in [6.07, 6.45) is -3.90. The summed E-state index contributed by atoms with van der Waals surface area (Å²) in [6.45, 7) is -0.481.